The number of methoxy groups -OCH3 is 1. The standard InChI is InChI=1S/C22H23N3O4/c1-25-14-17(19(24-25)16-11-7-4-8-12-16)21(27)23-18(20(26)22(28)29-2)13-15-9-5-3-6-10-15/h3-12,14,18,20,26H,13H2,1-2H3,(H,23,27). The van der Waals surface area contributed by atoms with E-state index in [1.165, 1.54) is 7.11 Å². The highest BCUT2D eigenvalue weighted by Crippen LogP contribution is 2.22. The van der Waals surface area contributed by atoms with Crippen molar-refractivity contribution in [2.75, 3.05) is 7.11 Å². The Kier molecular flexibility index (Phi) is 6.41. The Morgan fingerprint density at radius 3 is 2.34 bits per heavy atom. The van der Waals surface area contributed by atoms with Crippen molar-refractivity contribution < 1.29 is 19.4 Å². The number of nitrogens with zero attached hydrogens (tertiary/aromatic N) is 2. The highest BCUT2D eigenvalue weighted by atomic mass is 16.5. The van der Waals surface area contributed by atoms with E-state index in [-0.39, 0.29) is 6.42 Å². The van der Waals surface area contributed by atoms with Crippen LogP contribution in [0.4, 0.5) is 0 Å². The van der Waals surface area contributed by atoms with Crippen LogP contribution in [-0.4, -0.2) is 46.0 Å². The van der Waals surface area contributed by atoms with Gasteiger partial charge in [-0.15, -0.1) is 0 Å². The SMILES string of the molecule is COC(=O)C(O)C(Cc1ccccc1)NC(=O)c1cn(C)nc1-c1ccccc1. The Labute approximate surface area is 168 Å². The van der Waals surface area contributed by atoms with Crippen molar-refractivity contribution in [1.82, 2.24) is 15.1 Å². The zero-order valence-electron chi connectivity index (χ0n) is 16.3. The number of esters is 1. The molecule has 0 spiro atoms. The van der Waals surface area contributed by atoms with Gasteiger partial charge in [0, 0.05) is 18.8 Å². The zero-order valence-corrected chi connectivity index (χ0v) is 16.3. The van der Waals surface area contributed by atoms with E-state index in [4.69, 9.17) is 0 Å². The number of hydrogen-bond acceptors (Lipinski definition) is 5. The Morgan fingerprint density at radius 1 is 1.10 bits per heavy atom. The maximum atomic E-state index is 13.0. The average Bonchev–Trinajstić information content (AvgIpc) is 3.15. The van der Waals surface area contributed by atoms with Gasteiger partial charge in [-0.25, -0.2) is 4.79 Å². The molecule has 7 heteroatoms. The molecule has 0 aliphatic carbocycles. The number of carbonyl (C=O) groups is 2. The van der Waals surface area contributed by atoms with Crippen molar-refractivity contribution >= 4 is 11.9 Å². The largest absolute Gasteiger partial charge is 0.467 e. The predicted molar refractivity (Wildman–Crippen MR) is 108 cm³/mol. The van der Waals surface area contributed by atoms with E-state index in [9.17, 15) is 14.7 Å². The second-order valence-electron chi connectivity index (χ2n) is 6.67. The third-order valence-corrected chi connectivity index (χ3v) is 4.56. The minimum absolute atomic E-state index is 0.268. The highest BCUT2D eigenvalue weighted by molar-refractivity contribution is 6.00. The lowest BCUT2D eigenvalue weighted by molar-refractivity contribution is -0.151. The molecule has 29 heavy (non-hydrogen) atoms. The van der Waals surface area contributed by atoms with Crippen LogP contribution in [0.15, 0.2) is 66.9 Å². The lowest BCUT2D eigenvalue weighted by atomic mass is 10.00. The summed E-state index contributed by atoms with van der Waals surface area (Å²) in [6, 6.07) is 17.8. The maximum Gasteiger partial charge on any atom is 0.336 e. The molecule has 3 aromatic rings. The normalized spacial score (nSPS) is 12.8. The van der Waals surface area contributed by atoms with E-state index in [0.717, 1.165) is 11.1 Å². The fraction of sp³-hybridized carbons (Fsp3) is 0.227. The van der Waals surface area contributed by atoms with Gasteiger partial charge in [0.2, 0.25) is 0 Å². The molecule has 0 radical (unpaired) electrons. The minimum Gasteiger partial charge on any atom is -0.467 e. The van der Waals surface area contributed by atoms with Gasteiger partial charge < -0.3 is 15.2 Å². The third kappa shape index (κ3) is 4.89. The fourth-order valence-electron chi connectivity index (χ4n) is 3.10. The molecule has 2 atom stereocenters. The number of benzene rings is 2. The van der Waals surface area contributed by atoms with E-state index in [2.05, 4.69) is 15.2 Å². The summed E-state index contributed by atoms with van der Waals surface area (Å²) in [5.74, 6) is -1.23. The van der Waals surface area contributed by atoms with Crippen LogP contribution in [0.25, 0.3) is 11.3 Å². The molecule has 2 N–H and O–H groups in total. The number of ether oxygens (including phenoxy) is 1. The van der Waals surface area contributed by atoms with Crippen molar-refractivity contribution in [3.8, 4) is 11.3 Å². The highest BCUT2D eigenvalue weighted by Gasteiger charge is 2.30. The van der Waals surface area contributed by atoms with Gasteiger partial charge >= 0.3 is 5.97 Å². The molecule has 0 saturated carbocycles. The quantitative estimate of drug-likeness (QED) is 0.599. The Bertz CT molecular complexity index is 970. The second kappa shape index (κ2) is 9.16. The van der Waals surface area contributed by atoms with Gasteiger partial charge in [-0.05, 0) is 12.0 Å². The summed E-state index contributed by atoms with van der Waals surface area (Å²) < 4.78 is 6.21. The first-order valence-electron chi connectivity index (χ1n) is 9.19. The Hall–Kier alpha value is -3.45. The van der Waals surface area contributed by atoms with Crippen LogP contribution in [0.1, 0.15) is 15.9 Å². The van der Waals surface area contributed by atoms with Crippen LogP contribution in [-0.2, 0) is 23.0 Å². The molecule has 3 rings (SSSR count). The lowest BCUT2D eigenvalue weighted by Crippen LogP contribution is -2.48. The minimum atomic E-state index is -1.50. The zero-order chi connectivity index (χ0) is 20.8. The van der Waals surface area contributed by atoms with Gasteiger partial charge in [0.1, 0.15) is 5.69 Å². The Balaban J connectivity index is 1.88. The summed E-state index contributed by atoms with van der Waals surface area (Å²) in [7, 11) is 2.93. The van der Waals surface area contributed by atoms with Gasteiger partial charge in [0.05, 0.1) is 18.7 Å². The van der Waals surface area contributed by atoms with Gasteiger partial charge in [0.25, 0.3) is 5.91 Å². The molecule has 0 aliphatic heterocycles. The molecule has 1 heterocycles. The van der Waals surface area contributed by atoms with Crippen LogP contribution in [0, 0.1) is 0 Å². The fourth-order valence-corrected chi connectivity index (χ4v) is 3.10. The molecule has 7 nitrogen and oxygen atoms in total. The molecular weight excluding hydrogens is 370 g/mol. The molecule has 1 amide bonds. The third-order valence-electron chi connectivity index (χ3n) is 4.56. The average molecular weight is 393 g/mol. The van der Waals surface area contributed by atoms with Crippen LogP contribution in [0.5, 0.6) is 0 Å². The van der Waals surface area contributed by atoms with E-state index in [1.807, 2.05) is 60.7 Å². The maximum absolute atomic E-state index is 13.0. The smallest absolute Gasteiger partial charge is 0.336 e. The van der Waals surface area contributed by atoms with Crippen molar-refractivity contribution in [2.24, 2.45) is 7.05 Å². The first kappa shape index (κ1) is 20.3. The van der Waals surface area contributed by atoms with E-state index < -0.39 is 24.0 Å². The van der Waals surface area contributed by atoms with Gasteiger partial charge in [-0.2, -0.15) is 5.10 Å². The summed E-state index contributed by atoms with van der Waals surface area (Å²) in [5.41, 5.74) is 2.55. The number of aliphatic hydroxyl groups is 1. The molecule has 2 unspecified atom stereocenters. The number of nitrogens with one attached hydrogen (secondary N) is 1. The second-order valence-corrected chi connectivity index (χ2v) is 6.67. The summed E-state index contributed by atoms with van der Waals surface area (Å²) >= 11 is 0. The van der Waals surface area contributed by atoms with Gasteiger partial charge in [-0.1, -0.05) is 60.7 Å². The van der Waals surface area contributed by atoms with E-state index >= 15 is 0 Å². The number of aromatic nitrogens is 2. The topological polar surface area (TPSA) is 93.5 Å². The first-order chi connectivity index (χ1) is 14.0. The van der Waals surface area contributed by atoms with Gasteiger partial charge in [0.15, 0.2) is 6.10 Å². The molecular formula is C22H23N3O4. The molecule has 150 valence electrons. The summed E-state index contributed by atoms with van der Waals surface area (Å²) in [6.07, 6.45) is 0.381. The monoisotopic (exact) mass is 393 g/mol. The number of amides is 1. The number of aryl methyl sites for hydroxylation is 1. The van der Waals surface area contributed by atoms with E-state index in [0.29, 0.717) is 11.3 Å². The number of rotatable bonds is 7. The van der Waals surface area contributed by atoms with Crippen molar-refractivity contribution in [3.63, 3.8) is 0 Å². The van der Waals surface area contributed by atoms with Crippen LogP contribution in [0.3, 0.4) is 0 Å². The van der Waals surface area contributed by atoms with Crippen molar-refractivity contribution in [1.29, 1.82) is 0 Å². The molecule has 0 saturated heterocycles. The molecule has 0 fully saturated rings. The summed E-state index contributed by atoms with van der Waals surface area (Å²) in [4.78, 5) is 25.0. The first-order valence-corrected chi connectivity index (χ1v) is 9.19. The van der Waals surface area contributed by atoms with Gasteiger partial charge in [-0.3, -0.25) is 9.48 Å². The number of aliphatic hydroxyl groups excluding tert-OH is 1. The van der Waals surface area contributed by atoms with Crippen molar-refractivity contribution in [3.05, 3.63) is 78.0 Å². The molecule has 0 bridgehead atoms. The molecule has 2 aromatic carbocycles. The van der Waals surface area contributed by atoms with Crippen LogP contribution < -0.4 is 5.32 Å². The molecule has 1 aromatic heterocycles. The number of hydrogen-bond donors (Lipinski definition) is 2. The van der Waals surface area contributed by atoms with Crippen molar-refractivity contribution in [2.45, 2.75) is 18.6 Å². The Morgan fingerprint density at radius 2 is 1.72 bits per heavy atom. The summed E-state index contributed by atoms with van der Waals surface area (Å²) in [6.45, 7) is 0. The molecule has 0 aliphatic rings. The van der Waals surface area contributed by atoms with Crippen LogP contribution in [0.2, 0.25) is 0 Å². The summed E-state index contributed by atoms with van der Waals surface area (Å²) in [5, 5.41) is 17.6. The van der Waals surface area contributed by atoms with E-state index in [1.54, 1.807) is 17.9 Å². The number of carbonyl (C=O) groups excluding carboxylic acids is 2. The predicted octanol–water partition coefficient (Wildman–Crippen LogP) is 1.96. The lowest BCUT2D eigenvalue weighted by Gasteiger charge is -2.22. The van der Waals surface area contributed by atoms with Crippen LogP contribution >= 0.6 is 0 Å².